The van der Waals surface area contributed by atoms with E-state index in [1.807, 2.05) is 5.43 Å². The number of hydrazine groups is 1. The van der Waals surface area contributed by atoms with E-state index in [2.05, 4.69) is 4.98 Å². The summed E-state index contributed by atoms with van der Waals surface area (Å²) in [4.78, 5) is 17.9. The second-order valence-electron chi connectivity index (χ2n) is 7.12. The molecule has 1 fully saturated rings. The van der Waals surface area contributed by atoms with Crippen molar-refractivity contribution in [2.24, 2.45) is 0 Å². The number of ether oxygens (including phenoxy) is 1. The van der Waals surface area contributed by atoms with Gasteiger partial charge in [-0.2, -0.15) is 8.78 Å². The van der Waals surface area contributed by atoms with Gasteiger partial charge in [-0.25, -0.2) is 18.8 Å². The van der Waals surface area contributed by atoms with Crippen LogP contribution in [0.4, 0.5) is 17.6 Å². The molecule has 4 rings (SSSR count). The van der Waals surface area contributed by atoms with Gasteiger partial charge >= 0.3 is 0 Å². The van der Waals surface area contributed by atoms with E-state index in [0.717, 1.165) is 0 Å². The summed E-state index contributed by atoms with van der Waals surface area (Å²) < 4.78 is 58.9. The van der Waals surface area contributed by atoms with E-state index in [4.69, 9.17) is 4.74 Å². The summed E-state index contributed by atoms with van der Waals surface area (Å²) in [5, 5.41) is 10.9. The molecule has 1 aliphatic rings. The van der Waals surface area contributed by atoms with Gasteiger partial charge in [0.25, 0.3) is 18.4 Å². The lowest BCUT2D eigenvalue weighted by molar-refractivity contribution is -0.168. The van der Waals surface area contributed by atoms with Gasteiger partial charge < -0.3 is 9.84 Å². The van der Waals surface area contributed by atoms with Crippen LogP contribution in [0.3, 0.4) is 0 Å². The number of alkyl halides is 2. The lowest BCUT2D eigenvalue weighted by Gasteiger charge is -2.31. The van der Waals surface area contributed by atoms with Gasteiger partial charge in [0.1, 0.15) is 11.4 Å². The van der Waals surface area contributed by atoms with Crippen molar-refractivity contribution in [3.8, 4) is 17.0 Å². The molecule has 2 N–H and O–H groups in total. The van der Waals surface area contributed by atoms with Gasteiger partial charge in [-0.1, -0.05) is 30.3 Å². The highest BCUT2D eigenvalue weighted by Gasteiger charge is 2.53. The summed E-state index contributed by atoms with van der Waals surface area (Å²) in [7, 11) is 1.46. The molecule has 6 nitrogen and oxygen atoms in total. The van der Waals surface area contributed by atoms with E-state index in [9.17, 15) is 27.5 Å². The molecular formula is C22H17F4N3O3. The lowest BCUT2D eigenvalue weighted by atomic mass is 10.0. The van der Waals surface area contributed by atoms with Crippen molar-refractivity contribution in [2.75, 3.05) is 7.11 Å². The second kappa shape index (κ2) is 8.12. The van der Waals surface area contributed by atoms with Crippen molar-refractivity contribution >= 4 is 16.8 Å². The molecule has 166 valence electrons. The number of methoxy groups -OCH3 is 1. The molecule has 0 aliphatic carbocycles. The SMILES string of the molecule is COc1ccccc1-c1cc(C(=O)N2NC(=C(F)F)CC2(O)C(F)F)c2ccccc2n1. The lowest BCUT2D eigenvalue weighted by Crippen LogP contribution is -2.55. The summed E-state index contributed by atoms with van der Waals surface area (Å²) in [6.07, 6.45) is -6.94. The van der Waals surface area contributed by atoms with E-state index in [1.54, 1.807) is 48.5 Å². The van der Waals surface area contributed by atoms with Gasteiger partial charge in [-0.3, -0.25) is 10.2 Å². The van der Waals surface area contributed by atoms with Gasteiger partial charge in [-0.15, -0.1) is 0 Å². The van der Waals surface area contributed by atoms with Crippen molar-refractivity contribution in [3.63, 3.8) is 0 Å². The summed E-state index contributed by atoms with van der Waals surface area (Å²) in [6.45, 7) is 0. The Bertz CT molecular complexity index is 1230. The number of aromatic nitrogens is 1. The first-order valence-corrected chi connectivity index (χ1v) is 9.45. The standard InChI is InChI=1S/C22H17F4N3O3/c1-32-18-9-5-3-7-13(18)16-10-14(12-6-2-4-8-15(12)27-16)20(30)29-22(31,21(25)26)11-17(28-29)19(23)24/h2-10,21,28,31H,11H2,1H3. The Morgan fingerprint density at radius 1 is 1.19 bits per heavy atom. The van der Waals surface area contributed by atoms with E-state index in [-0.39, 0.29) is 10.6 Å². The molecule has 1 unspecified atom stereocenters. The van der Waals surface area contributed by atoms with Crippen LogP contribution in [-0.4, -0.2) is 40.3 Å². The number of amides is 1. The molecule has 1 aromatic heterocycles. The van der Waals surface area contributed by atoms with E-state index in [1.165, 1.54) is 13.2 Å². The zero-order valence-corrected chi connectivity index (χ0v) is 16.7. The highest BCUT2D eigenvalue weighted by atomic mass is 19.3. The molecule has 0 saturated carbocycles. The predicted octanol–water partition coefficient (Wildman–Crippen LogP) is 4.32. The maximum absolute atomic E-state index is 13.7. The van der Waals surface area contributed by atoms with E-state index < -0.39 is 36.3 Å². The molecule has 3 aromatic rings. The van der Waals surface area contributed by atoms with Crippen molar-refractivity contribution in [3.05, 3.63) is 71.9 Å². The molecule has 1 saturated heterocycles. The van der Waals surface area contributed by atoms with Crippen LogP contribution in [0.15, 0.2) is 66.4 Å². The quantitative estimate of drug-likeness (QED) is 0.583. The molecule has 2 aromatic carbocycles. The third-order valence-corrected chi connectivity index (χ3v) is 5.18. The number of rotatable bonds is 4. The monoisotopic (exact) mass is 447 g/mol. The van der Waals surface area contributed by atoms with E-state index in [0.29, 0.717) is 27.9 Å². The number of carbonyl (C=O) groups excluding carboxylic acids is 1. The van der Waals surface area contributed by atoms with Gasteiger partial charge in [0.15, 0.2) is 0 Å². The van der Waals surface area contributed by atoms with E-state index >= 15 is 0 Å². The molecule has 1 aliphatic heterocycles. The molecule has 0 bridgehead atoms. The normalized spacial score (nSPS) is 18.2. The van der Waals surface area contributed by atoms with Crippen LogP contribution in [0, 0.1) is 0 Å². The smallest absolute Gasteiger partial charge is 0.291 e. The van der Waals surface area contributed by atoms with Gasteiger partial charge in [0.05, 0.1) is 30.3 Å². The highest BCUT2D eigenvalue weighted by molar-refractivity contribution is 6.07. The maximum Gasteiger partial charge on any atom is 0.291 e. The molecule has 0 radical (unpaired) electrons. The number of nitrogens with zero attached hydrogens (tertiary/aromatic N) is 2. The minimum atomic E-state index is -3.50. The number of halogens is 4. The molecule has 0 spiro atoms. The van der Waals surface area contributed by atoms with Crippen molar-refractivity contribution in [2.45, 2.75) is 18.6 Å². The third-order valence-electron chi connectivity index (χ3n) is 5.18. The first-order valence-electron chi connectivity index (χ1n) is 9.45. The first-order chi connectivity index (χ1) is 15.3. The van der Waals surface area contributed by atoms with Crippen LogP contribution in [-0.2, 0) is 0 Å². The topological polar surface area (TPSA) is 74.7 Å². The number of carbonyl (C=O) groups is 1. The number of hydrogen-bond donors (Lipinski definition) is 2. The number of para-hydroxylation sites is 2. The van der Waals surface area contributed by atoms with Gasteiger partial charge in [0.2, 0.25) is 5.72 Å². The summed E-state index contributed by atoms with van der Waals surface area (Å²) in [6, 6.07) is 14.7. The Labute approximate surface area is 179 Å². The Morgan fingerprint density at radius 2 is 1.88 bits per heavy atom. The Balaban J connectivity index is 1.90. The molecule has 32 heavy (non-hydrogen) atoms. The van der Waals surface area contributed by atoms with Crippen LogP contribution >= 0.6 is 0 Å². The van der Waals surface area contributed by atoms with Crippen molar-refractivity contribution in [1.29, 1.82) is 0 Å². The fourth-order valence-electron chi connectivity index (χ4n) is 3.59. The summed E-state index contributed by atoms with van der Waals surface area (Å²) in [5.41, 5.74) is -1.06. The number of fused-ring (bicyclic) bond motifs is 1. The zero-order chi connectivity index (χ0) is 23.0. The third kappa shape index (κ3) is 3.52. The summed E-state index contributed by atoms with van der Waals surface area (Å²) >= 11 is 0. The zero-order valence-electron chi connectivity index (χ0n) is 16.7. The first kappa shape index (κ1) is 21.6. The van der Waals surface area contributed by atoms with Gasteiger partial charge in [0, 0.05) is 10.9 Å². The molecular weight excluding hydrogens is 430 g/mol. The highest BCUT2D eigenvalue weighted by Crippen LogP contribution is 2.37. The molecule has 2 heterocycles. The largest absolute Gasteiger partial charge is 0.496 e. The van der Waals surface area contributed by atoms with Gasteiger partial charge in [-0.05, 0) is 24.3 Å². The number of nitrogens with one attached hydrogen (secondary N) is 1. The predicted molar refractivity (Wildman–Crippen MR) is 108 cm³/mol. The van der Waals surface area contributed by atoms with Crippen LogP contribution in [0.2, 0.25) is 0 Å². The molecule has 10 heteroatoms. The fraction of sp³-hybridized carbons (Fsp3) is 0.182. The van der Waals surface area contributed by atoms with Crippen molar-refractivity contribution < 1.29 is 32.2 Å². The Kier molecular flexibility index (Phi) is 5.47. The number of benzene rings is 2. The number of aliphatic hydroxyl groups is 1. The van der Waals surface area contributed by atoms with Crippen LogP contribution in [0.25, 0.3) is 22.2 Å². The number of pyridine rings is 1. The number of hydrogen-bond acceptors (Lipinski definition) is 5. The minimum Gasteiger partial charge on any atom is -0.496 e. The fourth-order valence-corrected chi connectivity index (χ4v) is 3.59. The Hall–Kier alpha value is -3.66. The average Bonchev–Trinajstić information content (AvgIpc) is 3.17. The van der Waals surface area contributed by atoms with Crippen LogP contribution < -0.4 is 10.2 Å². The minimum absolute atomic E-state index is 0.108. The molecule has 1 amide bonds. The Morgan fingerprint density at radius 3 is 2.56 bits per heavy atom. The average molecular weight is 447 g/mol. The summed E-state index contributed by atoms with van der Waals surface area (Å²) in [5.74, 6) is -0.652. The maximum atomic E-state index is 13.7. The van der Waals surface area contributed by atoms with Crippen LogP contribution in [0.1, 0.15) is 16.8 Å². The van der Waals surface area contributed by atoms with Crippen LogP contribution in [0.5, 0.6) is 5.75 Å². The van der Waals surface area contributed by atoms with Crippen molar-refractivity contribution in [1.82, 2.24) is 15.4 Å². The second-order valence-corrected chi connectivity index (χ2v) is 7.12. The molecule has 1 atom stereocenters.